The minimum Gasteiger partial charge on any atom is -0.392 e. The number of amides is 2. The molecular formula is C9H16N2O3. The number of carbonyl (C=O) groups excluding carboxylic acids is 2. The molecule has 1 fully saturated rings. The van der Waals surface area contributed by atoms with E-state index in [1.165, 1.54) is 0 Å². The van der Waals surface area contributed by atoms with Crippen molar-refractivity contribution in [1.29, 1.82) is 0 Å². The first-order valence-electron chi connectivity index (χ1n) is 4.70. The first-order chi connectivity index (χ1) is 6.50. The fourth-order valence-corrected chi connectivity index (χ4v) is 1.43. The first-order valence-corrected chi connectivity index (χ1v) is 4.70. The number of aliphatic hydroxyl groups excluding tert-OH is 1. The highest BCUT2D eigenvalue weighted by Gasteiger charge is 2.31. The van der Waals surface area contributed by atoms with Gasteiger partial charge in [0.2, 0.25) is 11.8 Å². The maximum Gasteiger partial charge on any atom is 0.225 e. The number of hydrogen-bond acceptors (Lipinski definition) is 3. The molecule has 0 spiro atoms. The summed E-state index contributed by atoms with van der Waals surface area (Å²) in [6, 6.07) is 0. The molecule has 0 aliphatic carbocycles. The van der Waals surface area contributed by atoms with Crippen molar-refractivity contribution in [2.45, 2.75) is 19.4 Å². The first kappa shape index (κ1) is 11.0. The van der Waals surface area contributed by atoms with E-state index < -0.39 is 6.10 Å². The molecule has 14 heavy (non-hydrogen) atoms. The highest BCUT2D eigenvalue weighted by Crippen LogP contribution is 2.15. The van der Waals surface area contributed by atoms with Crippen molar-refractivity contribution in [3.05, 3.63) is 0 Å². The second-order valence-corrected chi connectivity index (χ2v) is 3.77. The highest BCUT2D eigenvalue weighted by atomic mass is 16.3. The molecule has 1 aliphatic rings. The number of likely N-dealkylation sites (tertiary alicyclic amines) is 1. The molecule has 80 valence electrons. The lowest BCUT2D eigenvalue weighted by molar-refractivity contribution is -0.128. The summed E-state index contributed by atoms with van der Waals surface area (Å²) in [6.07, 6.45) is -0.268. The standard InChI is InChI=1S/C9H16N2O3/c1-6(12)4-10-9(14)7-3-8(13)11(2)5-7/h6-7,12H,3-5H2,1-2H3,(H,10,14). The molecule has 0 aromatic carbocycles. The third kappa shape index (κ3) is 2.70. The van der Waals surface area contributed by atoms with E-state index in [0.29, 0.717) is 6.54 Å². The molecule has 2 N–H and O–H groups in total. The van der Waals surface area contributed by atoms with Gasteiger partial charge < -0.3 is 15.3 Å². The van der Waals surface area contributed by atoms with Gasteiger partial charge in [-0.25, -0.2) is 0 Å². The summed E-state index contributed by atoms with van der Waals surface area (Å²) in [5, 5.41) is 11.6. The normalized spacial score (nSPS) is 23.8. The smallest absolute Gasteiger partial charge is 0.225 e. The zero-order chi connectivity index (χ0) is 10.7. The molecular weight excluding hydrogens is 184 g/mol. The van der Waals surface area contributed by atoms with Crippen LogP contribution in [0, 0.1) is 5.92 Å². The molecule has 2 amide bonds. The fraction of sp³-hybridized carbons (Fsp3) is 0.778. The minimum atomic E-state index is -0.547. The Morgan fingerprint density at radius 2 is 2.43 bits per heavy atom. The zero-order valence-electron chi connectivity index (χ0n) is 8.49. The van der Waals surface area contributed by atoms with E-state index >= 15 is 0 Å². The topological polar surface area (TPSA) is 69.6 Å². The summed E-state index contributed by atoms with van der Waals surface area (Å²) >= 11 is 0. The SMILES string of the molecule is CC(O)CNC(=O)C1CC(=O)N(C)C1. The van der Waals surface area contributed by atoms with Gasteiger partial charge in [0.05, 0.1) is 12.0 Å². The molecule has 0 radical (unpaired) electrons. The summed E-state index contributed by atoms with van der Waals surface area (Å²) in [4.78, 5) is 24.1. The maximum atomic E-state index is 11.4. The second kappa shape index (κ2) is 4.41. The van der Waals surface area contributed by atoms with Gasteiger partial charge in [0.15, 0.2) is 0 Å². The van der Waals surface area contributed by atoms with Crippen LogP contribution in [0.3, 0.4) is 0 Å². The summed E-state index contributed by atoms with van der Waals surface area (Å²) in [6.45, 7) is 2.32. The van der Waals surface area contributed by atoms with E-state index in [4.69, 9.17) is 5.11 Å². The van der Waals surface area contributed by atoms with Crippen LogP contribution in [0.25, 0.3) is 0 Å². The summed E-state index contributed by atoms with van der Waals surface area (Å²) < 4.78 is 0. The van der Waals surface area contributed by atoms with E-state index in [9.17, 15) is 9.59 Å². The van der Waals surface area contributed by atoms with E-state index in [-0.39, 0.29) is 30.7 Å². The molecule has 1 aliphatic heterocycles. The Morgan fingerprint density at radius 3 is 2.86 bits per heavy atom. The molecule has 0 bridgehead atoms. The van der Waals surface area contributed by atoms with Crippen molar-refractivity contribution in [3.8, 4) is 0 Å². The molecule has 5 nitrogen and oxygen atoms in total. The Hall–Kier alpha value is -1.10. The lowest BCUT2D eigenvalue weighted by atomic mass is 10.1. The van der Waals surface area contributed by atoms with Crippen LogP contribution in [0.4, 0.5) is 0 Å². The third-order valence-electron chi connectivity index (χ3n) is 2.28. The van der Waals surface area contributed by atoms with Gasteiger partial charge in [-0.05, 0) is 6.92 Å². The average molecular weight is 200 g/mol. The Morgan fingerprint density at radius 1 is 1.79 bits per heavy atom. The molecule has 0 aromatic heterocycles. The molecule has 1 heterocycles. The van der Waals surface area contributed by atoms with Crippen molar-refractivity contribution in [3.63, 3.8) is 0 Å². The monoisotopic (exact) mass is 200 g/mol. The number of rotatable bonds is 3. The van der Waals surface area contributed by atoms with Crippen LogP contribution < -0.4 is 5.32 Å². The van der Waals surface area contributed by atoms with Gasteiger partial charge in [-0.1, -0.05) is 0 Å². The van der Waals surface area contributed by atoms with Gasteiger partial charge >= 0.3 is 0 Å². The van der Waals surface area contributed by atoms with Crippen LogP contribution >= 0.6 is 0 Å². The van der Waals surface area contributed by atoms with Gasteiger partial charge in [-0.3, -0.25) is 9.59 Å². The van der Waals surface area contributed by atoms with Crippen LogP contribution in [0.1, 0.15) is 13.3 Å². The summed E-state index contributed by atoms with van der Waals surface area (Å²) in [5.41, 5.74) is 0. The maximum absolute atomic E-state index is 11.4. The van der Waals surface area contributed by atoms with Crippen LogP contribution in [0.2, 0.25) is 0 Å². The Labute approximate surface area is 83.1 Å². The molecule has 1 saturated heterocycles. The molecule has 1 rings (SSSR count). The lowest BCUT2D eigenvalue weighted by Gasteiger charge is -2.11. The number of nitrogens with one attached hydrogen (secondary N) is 1. The quantitative estimate of drug-likeness (QED) is 0.611. The fourth-order valence-electron chi connectivity index (χ4n) is 1.43. The van der Waals surface area contributed by atoms with E-state index in [2.05, 4.69) is 5.32 Å². The van der Waals surface area contributed by atoms with Crippen molar-refractivity contribution in [2.24, 2.45) is 5.92 Å². The van der Waals surface area contributed by atoms with Crippen molar-refractivity contribution in [1.82, 2.24) is 10.2 Å². The molecule has 0 saturated carbocycles. The molecule has 2 atom stereocenters. The van der Waals surface area contributed by atoms with Gasteiger partial charge in [-0.15, -0.1) is 0 Å². The van der Waals surface area contributed by atoms with Crippen LogP contribution in [-0.2, 0) is 9.59 Å². The average Bonchev–Trinajstić information content (AvgIpc) is 2.43. The van der Waals surface area contributed by atoms with Gasteiger partial charge in [-0.2, -0.15) is 0 Å². The van der Waals surface area contributed by atoms with Crippen molar-refractivity contribution >= 4 is 11.8 Å². The Kier molecular flexibility index (Phi) is 3.46. The van der Waals surface area contributed by atoms with Crippen LogP contribution in [-0.4, -0.2) is 48.1 Å². The van der Waals surface area contributed by atoms with Gasteiger partial charge in [0, 0.05) is 26.6 Å². The molecule has 2 unspecified atom stereocenters. The second-order valence-electron chi connectivity index (χ2n) is 3.77. The number of hydrogen-bond donors (Lipinski definition) is 2. The molecule has 5 heteroatoms. The van der Waals surface area contributed by atoms with Crippen LogP contribution in [0.5, 0.6) is 0 Å². The minimum absolute atomic E-state index is 0.00203. The zero-order valence-corrected chi connectivity index (χ0v) is 8.49. The summed E-state index contributed by atoms with van der Waals surface area (Å²) in [5.74, 6) is -0.406. The number of aliphatic hydroxyl groups is 1. The Balaban J connectivity index is 2.36. The van der Waals surface area contributed by atoms with E-state index in [1.807, 2.05) is 0 Å². The largest absolute Gasteiger partial charge is 0.392 e. The van der Waals surface area contributed by atoms with Gasteiger partial charge in [0.25, 0.3) is 0 Å². The number of carbonyl (C=O) groups is 2. The lowest BCUT2D eigenvalue weighted by Crippen LogP contribution is -2.36. The summed E-state index contributed by atoms with van der Waals surface area (Å²) in [7, 11) is 1.68. The number of nitrogens with zero attached hydrogens (tertiary/aromatic N) is 1. The van der Waals surface area contributed by atoms with Gasteiger partial charge in [0.1, 0.15) is 0 Å². The van der Waals surface area contributed by atoms with E-state index in [0.717, 1.165) is 0 Å². The molecule has 0 aromatic rings. The highest BCUT2D eigenvalue weighted by molar-refractivity contribution is 5.89. The van der Waals surface area contributed by atoms with Crippen LogP contribution in [0.15, 0.2) is 0 Å². The van der Waals surface area contributed by atoms with Crippen molar-refractivity contribution in [2.75, 3.05) is 20.1 Å². The predicted molar refractivity (Wildman–Crippen MR) is 50.4 cm³/mol. The third-order valence-corrected chi connectivity index (χ3v) is 2.28. The predicted octanol–water partition coefficient (Wildman–Crippen LogP) is -1.04. The Bertz CT molecular complexity index is 240. The van der Waals surface area contributed by atoms with E-state index in [1.54, 1.807) is 18.9 Å². The van der Waals surface area contributed by atoms with Crippen molar-refractivity contribution < 1.29 is 14.7 Å².